The molecular formula is C68H48N2O2. The third-order valence-electron chi connectivity index (χ3n) is 15.1. The topological polar surface area (TPSA) is 32.8 Å². The van der Waals surface area contributed by atoms with Gasteiger partial charge < -0.3 is 18.6 Å². The summed E-state index contributed by atoms with van der Waals surface area (Å²) in [5.74, 6) is 0. The molecule has 0 N–H and O–H groups in total. The largest absolute Gasteiger partial charge is 0.454 e. The molecule has 2 aromatic heterocycles. The molecule has 0 spiro atoms. The zero-order valence-electron chi connectivity index (χ0n) is 40.5. The van der Waals surface area contributed by atoms with Crippen LogP contribution in [0, 0.1) is 27.7 Å². The Morgan fingerprint density at radius 3 is 1.08 bits per heavy atom. The molecule has 4 nitrogen and oxygen atoms in total. The Labute approximate surface area is 417 Å². The van der Waals surface area contributed by atoms with Gasteiger partial charge in [0.2, 0.25) is 0 Å². The predicted octanol–water partition coefficient (Wildman–Crippen LogP) is 19.9. The van der Waals surface area contributed by atoms with E-state index in [-0.39, 0.29) is 0 Å². The Morgan fingerprint density at radius 1 is 0.250 bits per heavy atom. The first-order chi connectivity index (χ1) is 35.4. The van der Waals surface area contributed by atoms with Crippen LogP contribution in [0.25, 0.3) is 98.4 Å². The molecule has 0 saturated carbocycles. The molecule has 0 amide bonds. The fourth-order valence-corrected chi connectivity index (χ4v) is 11.6. The lowest BCUT2D eigenvalue weighted by Gasteiger charge is -2.31. The van der Waals surface area contributed by atoms with Gasteiger partial charge in [0, 0.05) is 43.7 Å². The number of fused-ring (bicyclic) bond motifs is 6. The predicted molar refractivity (Wildman–Crippen MR) is 304 cm³/mol. The van der Waals surface area contributed by atoms with E-state index in [2.05, 4.69) is 256 Å². The third-order valence-corrected chi connectivity index (χ3v) is 15.1. The van der Waals surface area contributed by atoms with Crippen molar-refractivity contribution in [2.24, 2.45) is 0 Å². The molecule has 342 valence electrons. The van der Waals surface area contributed by atoms with Gasteiger partial charge in [-0.2, -0.15) is 0 Å². The number of para-hydroxylation sites is 4. The lowest BCUT2D eigenvalue weighted by Crippen LogP contribution is -2.14. The van der Waals surface area contributed by atoms with Crippen LogP contribution in [0.2, 0.25) is 0 Å². The highest BCUT2D eigenvalue weighted by atomic mass is 16.3. The fourth-order valence-electron chi connectivity index (χ4n) is 11.6. The minimum absolute atomic E-state index is 0.855. The van der Waals surface area contributed by atoms with Gasteiger partial charge in [-0.25, -0.2) is 0 Å². The zero-order chi connectivity index (χ0) is 48.2. The highest BCUT2D eigenvalue weighted by molar-refractivity contribution is 6.30. The van der Waals surface area contributed by atoms with Crippen molar-refractivity contribution in [3.63, 3.8) is 0 Å². The Bertz CT molecular complexity index is 4160. The van der Waals surface area contributed by atoms with E-state index in [1.54, 1.807) is 0 Å². The van der Waals surface area contributed by atoms with Crippen LogP contribution >= 0.6 is 0 Å². The van der Waals surface area contributed by atoms with E-state index in [9.17, 15) is 0 Å². The van der Waals surface area contributed by atoms with Crippen LogP contribution in [0.5, 0.6) is 0 Å². The smallest absolute Gasteiger partial charge is 0.159 e. The van der Waals surface area contributed by atoms with Crippen LogP contribution in [-0.4, -0.2) is 0 Å². The minimum atomic E-state index is 0.855. The van der Waals surface area contributed by atoms with Crippen molar-refractivity contribution in [1.29, 1.82) is 0 Å². The maximum atomic E-state index is 6.90. The summed E-state index contributed by atoms with van der Waals surface area (Å²) in [4.78, 5) is 4.93. The van der Waals surface area contributed by atoms with E-state index in [0.29, 0.717) is 0 Å². The second-order valence-corrected chi connectivity index (χ2v) is 19.4. The minimum Gasteiger partial charge on any atom is -0.454 e. The number of hydrogen-bond donors (Lipinski definition) is 0. The molecule has 2 heterocycles. The second kappa shape index (κ2) is 16.2. The number of benzene rings is 12. The number of rotatable bonds is 8. The first kappa shape index (κ1) is 41.8. The molecule has 0 aliphatic carbocycles. The van der Waals surface area contributed by atoms with Gasteiger partial charge in [0.15, 0.2) is 11.2 Å². The highest BCUT2D eigenvalue weighted by Gasteiger charge is 2.28. The van der Waals surface area contributed by atoms with Gasteiger partial charge in [0.1, 0.15) is 11.2 Å². The van der Waals surface area contributed by atoms with Crippen LogP contribution in [0.1, 0.15) is 22.3 Å². The SMILES string of the molecule is Cc1ccc(-c2ccccc2)cc1N(c1cc(C)c2ccc3c(N(c4cc(-c5ccccc5)ccc4C)c4cccc5c4oc4ccccc45)cc(C)c4ccc1c2c43)c1cccc2c1oc1ccccc12. The number of furan rings is 2. The molecule has 0 aliphatic rings. The summed E-state index contributed by atoms with van der Waals surface area (Å²) in [6.07, 6.45) is 0. The molecular weight excluding hydrogens is 877 g/mol. The van der Waals surface area contributed by atoms with E-state index >= 15 is 0 Å². The summed E-state index contributed by atoms with van der Waals surface area (Å²) >= 11 is 0. The van der Waals surface area contributed by atoms with Crippen molar-refractivity contribution in [1.82, 2.24) is 0 Å². The number of aryl methyl sites for hydroxylation is 4. The average molecular weight is 925 g/mol. The molecule has 14 aromatic rings. The Hall–Kier alpha value is -9.12. The first-order valence-corrected chi connectivity index (χ1v) is 24.8. The lowest BCUT2D eigenvalue weighted by atomic mass is 9.88. The van der Waals surface area contributed by atoms with Gasteiger partial charge in [-0.05, 0) is 142 Å². The molecule has 4 heteroatoms. The average Bonchev–Trinajstić information content (AvgIpc) is 4.01. The lowest BCUT2D eigenvalue weighted by molar-refractivity contribution is 0.668. The van der Waals surface area contributed by atoms with Crippen molar-refractivity contribution in [2.75, 3.05) is 9.80 Å². The van der Waals surface area contributed by atoms with Gasteiger partial charge in [-0.15, -0.1) is 0 Å². The maximum absolute atomic E-state index is 6.90. The van der Waals surface area contributed by atoms with Crippen LogP contribution < -0.4 is 9.80 Å². The molecule has 0 atom stereocenters. The van der Waals surface area contributed by atoms with Crippen molar-refractivity contribution in [3.8, 4) is 22.3 Å². The summed E-state index contributed by atoms with van der Waals surface area (Å²) in [5.41, 5.74) is 19.2. The zero-order valence-corrected chi connectivity index (χ0v) is 40.5. The van der Waals surface area contributed by atoms with Crippen LogP contribution in [0.4, 0.5) is 34.1 Å². The van der Waals surface area contributed by atoms with Crippen molar-refractivity contribution >= 4 is 110 Å². The second-order valence-electron chi connectivity index (χ2n) is 19.4. The van der Waals surface area contributed by atoms with Crippen LogP contribution in [0.15, 0.2) is 227 Å². The number of nitrogens with zero attached hydrogens (tertiary/aromatic N) is 2. The van der Waals surface area contributed by atoms with E-state index in [0.717, 1.165) is 111 Å². The van der Waals surface area contributed by atoms with E-state index in [4.69, 9.17) is 8.83 Å². The maximum Gasteiger partial charge on any atom is 0.159 e. The van der Waals surface area contributed by atoms with Gasteiger partial charge in [-0.1, -0.05) is 170 Å². The van der Waals surface area contributed by atoms with Crippen molar-refractivity contribution < 1.29 is 8.83 Å². The van der Waals surface area contributed by atoms with Crippen molar-refractivity contribution in [3.05, 3.63) is 241 Å². The summed E-state index contributed by atoms with van der Waals surface area (Å²) < 4.78 is 13.8. The summed E-state index contributed by atoms with van der Waals surface area (Å²) in [5, 5.41) is 11.6. The molecule has 72 heavy (non-hydrogen) atoms. The summed E-state index contributed by atoms with van der Waals surface area (Å²) in [7, 11) is 0. The van der Waals surface area contributed by atoms with Crippen molar-refractivity contribution in [2.45, 2.75) is 27.7 Å². The van der Waals surface area contributed by atoms with E-state index in [1.165, 1.54) is 43.8 Å². The Balaban J connectivity index is 1.08. The number of hydrogen-bond acceptors (Lipinski definition) is 4. The molecule has 0 bridgehead atoms. The molecule has 0 saturated heterocycles. The summed E-state index contributed by atoms with van der Waals surface area (Å²) in [6.45, 7) is 8.98. The van der Waals surface area contributed by atoms with Crippen LogP contribution in [0.3, 0.4) is 0 Å². The first-order valence-electron chi connectivity index (χ1n) is 24.8. The standard InChI is InChI=1S/C68H48N2O2/c1-41-29-31-47(45-17-7-5-8-18-45)39-59(41)69(57-25-15-23-53-51-21-11-13-27-63(51)71-67(53)57)61-37-43(3)49-34-36-56-62(38-44(4)50-33-35-55(61)65(49)66(50)56)70(60-40-48(32-30-42(60)2)46-19-9-6-10-20-46)58-26-16-24-54-52-22-12-14-28-64(52)72-68(54)58/h5-40H,1-4H3. The summed E-state index contributed by atoms with van der Waals surface area (Å²) in [6, 6.07) is 79.2. The van der Waals surface area contributed by atoms with E-state index in [1.807, 2.05) is 0 Å². The fraction of sp³-hybridized carbons (Fsp3) is 0.0588. The molecule has 12 aromatic carbocycles. The molecule has 0 unspecified atom stereocenters. The van der Waals surface area contributed by atoms with Gasteiger partial charge >= 0.3 is 0 Å². The van der Waals surface area contributed by atoms with Crippen LogP contribution in [-0.2, 0) is 0 Å². The van der Waals surface area contributed by atoms with Gasteiger partial charge in [0.05, 0.1) is 22.7 Å². The molecule has 14 rings (SSSR count). The Kier molecular flexibility index (Phi) is 9.43. The quantitative estimate of drug-likeness (QED) is 0.142. The monoisotopic (exact) mass is 924 g/mol. The van der Waals surface area contributed by atoms with E-state index < -0.39 is 0 Å². The Morgan fingerprint density at radius 2 is 0.639 bits per heavy atom. The number of anilines is 6. The van der Waals surface area contributed by atoms with Gasteiger partial charge in [0.25, 0.3) is 0 Å². The van der Waals surface area contributed by atoms with Gasteiger partial charge in [-0.3, -0.25) is 0 Å². The third kappa shape index (κ3) is 6.39. The molecule has 0 radical (unpaired) electrons. The molecule has 0 aliphatic heterocycles. The normalized spacial score (nSPS) is 11.9. The highest BCUT2D eigenvalue weighted by Crippen LogP contribution is 2.53. The molecule has 0 fully saturated rings.